The summed E-state index contributed by atoms with van der Waals surface area (Å²) in [6.07, 6.45) is 6.85. The molecule has 140 valence electrons. The van der Waals surface area contributed by atoms with E-state index in [9.17, 15) is 8.42 Å². The Morgan fingerprint density at radius 3 is 2.81 bits per heavy atom. The van der Waals surface area contributed by atoms with Crippen LogP contribution in [0.25, 0.3) is 5.65 Å². The van der Waals surface area contributed by atoms with Gasteiger partial charge in [-0.05, 0) is 67.5 Å². The van der Waals surface area contributed by atoms with Crippen molar-refractivity contribution in [3.8, 4) is 0 Å². The summed E-state index contributed by atoms with van der Waals surface area (Å²) >= 11 is 0. The number of aromatic nitrogens is 3. The van der Waals surface area contributed by atoms with E-state index in [1.807, 2.05) is 40.9 Å². The van der Waals surface area contributed by atoms with Gasteiger partial charge in [0.15, 0.2) is 5.65 Å². The Bertz CT molecular complexity index is 1110. The lowest BCUT2D eigenvalue weighted by Crippen LogP contribution is -2.39. The molecule has 0 saturated carbocycles. The molecule has 0 spiro atoms. The molecule has 1 fully saturated rings. The molecule has 3 aromatic rings. The maximum atomic E-state index is 13.2. The highest BCUT2D eigenvalue weighted by molar-refractivity contribution is 7.89. The molecule has 0 amide bonds. The number of hydrogen-bond donors (Lipinski definition) is 0. The van der Waals surface area contributed by atoms with Crippen LogP contribution in [-0.2, 0) is 22.9 Å². The first-order valence-electron chi connectivity index (χ1n) is 9.54. The SMILES string of the molecule is O=S(=O)(c1ccc2c(c1)CCC2)N1CCC[C@@H](c2nnc3ccccn23)C1. The topological polar surface area (TPSA) is 67.6 Å². The van der Waals surface area contributed by atoms with Crippen molar-refractivity contribution in [1.82, 2.24) is 18.9 Å². The number of fused-ring (bicyclic) bond motifs is 2. The van der Waals surface area contributed by atoms with Gasteiger partial charge in [0, 0.05) is 25.2 Å². The molecule has 0 radical (unpaired) electrons. The molecule has 0 bridgehead atoms. The summed E-state index contributed by atoms with van der Waals surface area (Å²) in [4.78, 5) is 0.426. The van der Waals surface area contributed by atoms with Gasteiger partial charge in [0.05, 0.1) is 4.90 Å². The fourth-order valence-corrected chi connectivity index (χ4v) is 5.94. The van der Waals surface area contributed by atoms with Crippen LogP contribution >= 0.6 is 0 Å². The van der Waals surface area contributed by atoms with Crippen LogP contribution in [0.15, 0.2) is 47.5 Å². The van der Waals surface area contributed by atoms with Gasteiger partial charge in [0.1, 0.15) is 5.82 Å². The van der Waals surface area contributed by atoms with Gasteiger partial charge in [-0.3, -0.25) is 4.40 Å². The van der Waals surface area contributed by atoms with Crippen LogP contribution in [0.5, 0.6) is 0 Å². The first-order chi connectivity index (χ1) is 13.1. The number of nitrogens with zero attached hydrogens (tertiary/aromatic N) is 4. The van der Waals surface area contributed by atoms with Crippen molar-refractivity contribution in [3.05, 3.63) is 59.5 Å². The van der Waals surface area contributed by atoms with E-state index >= 15 is 0 Å². The van der Waals surface area contributed by atoms with Crippen molar-refractivity contribution in [3.63, 3.8) is 0 Å². The van der Waals surface area contributed by atoms with E-state index in [4.69, 9.17) is 0 Å². The summed E-state index contributed by atoms with van der Waals surface area (Å²) in [5.41, 5.74) is 3.28. The second kappa shape index (κ2) is 6.42. The minimum Gasteiger partial charge on any atom is -0.286 e. The van der Waals surface area contributed by atoms with E-state index < -0.39 is 10.0 Å². The van der Waals surface area contributed by atoms with E-state index in [1.54, 1.807) is 10.4 Å². The van der Waals surface area contributed by atoms with Crippen molar-refractivity contribution >= 4 is 15.7 Å². The summed E-state index contributed by atoms with van der Waals surface area (Å²) in [7, 11) is -3.48. The molecule has 0 unspecified atom stereocenters. The highest BCUT2D eigenvalue weighted by Gasteiger charge is 2.33. The van der Waals surface area contributed by atoms with E-state index in [0.717, 1.165) is 43.6 Å². The van der Waals surface area contributed by atoms with Gasteiger partial charge in [-0.1, -0.05) is 12.1 Å². The average molecular weight is 382 g/mol. The summed E-state index contributed by atoms with van der Waals surface area (Å²) in [5, 5.41) is 8.57. The lowest BCUT2D eigenvalue weighted by Gasteiger charge is -2.31. The number of sulfonamides is 1. The lowest BCUT2D eigenvalue weighted by atomic mass is 9.99. The number of pyridine rings is 1. The van der Waals surface area contributed by atoms with Gasteiger partial charge < -0.3 is 0 Å². The number of rotatable bonds is 3. The van der Waals surface area contributed by atoms with Crippen molar-refractivity contribution in [1.29, 1.82) is 0 Å². The summed E-state index contributed by atoms with van der Waals surface area (Å²) in [5.74, 6) is 0.903. The van der Waals surface area contributed by atoms with Crippen molar-refractivity contribution < 1.29 is 8.42 Å². The number of benzene rings is 1. The summed E-state index contributed by atoms with van der Waals surface area (Å²) < 4.78 is 30.1. The normalized spacial score (nSPS) is 20.8. The Kier molecular flexibility index (Phi) is 4.02. The van der Waals surface area contributed by atoms with Crippen LogP contribution in [0.2, 0.25) is 0 Å². The number of hydrogen-bond acceptors (Lipinski definition) is 4. The van der Waals surface area contributed by atoms with Crippen LogP contribution in [0, 0.1) is 0 Å². The molecule has 6 nitrogen and oxygen atoms in total. The summed E-state index contributed by atoms with van der Waals surface area (Å²) in [6, 6.07) is 11.4. The van der Waals surface area contributed by atoms with Crippen LogP contribution < -0.4 is 0 Å². The van der Waals surface area contributed by atoms with Gasteiger partial charge >= 0.3 is 0 Å². The molecule has 3 heterocycles. The second-order valence-corrected chi connectivity index (χ2v) is 9.41. The molecular formula is C20H22N4O2S. The Hall–Kier alpha value is -2.25. The molecule has 2 aromatic heterocycles. The summed E-state index contributed by atoms with van der Waals surface area (Å²) in [6.45, 7) is 1.02. The number of piperidine rings is 1. The highest BCUT2D eigenvalue weighted by atomic mass is 32.2. The predicted molar refractivity (Wildman–Crippen MR) is 102 cm³/mol. The van der Waals surface area contributed by atoms with Crippen LogP contribution in [0.4, 0.5) is 0 Å². The van der Waals surface area contributed by atoms with Gasteiger partial charge in [0.2, 0.25) is 10.0 Å². The third-order valence-electron chi connectivity index (χ3n) is 5.80. The van der Waals surface area contributed by atoms with E-state index in [2.05, 4.69) is 10.2 Å². The zero-order valence-corrected chi connectivity index (χ0v) is 15.9. The van der Waals surface area contributed by atoms with E-state index in [-0.39, 0.29) is 5.92 Å². The second-order valence-electron chi connectivity index (χ2n) is 7.47. The molecule has 1 aliphatic heterocycles. The molecule has 7 heteroatoms. The van der Waals surface area contributed by atoms with Crippen molar-refractivity contribution in [2.45, 2.75) is 42.9 Å². The largest absolute Gasteiger partial charge is 0.286 e. The molecule has 1 aromatic carbocycles. The Balaban J connectivity index is 1.45. The zero-order valence-electron chi connectivity index (χ0n) is 15.1. The Labute approximate surface area is 158 Å². The third-order valence-corrected chi connectivity index (χ3v) is 7.66. The molecule has 2 aliphatic rings. The molecular weight excluding hydrogens is 360 g/mol. The van der Waals surface area contributed by atoms with Crippen LogP contribution in [0.1, 0.15) is 42.1 Å². The fourth-order valence-electron chi connectivity index (χ4n) is 4.37. The molecule has 5 rings (SSSR count). The Morgan fingerprint density at radius 2 is 1.89 bits per heavy atom. The number of aryl methyl sites for hydroxylation is 2. The smallest absolute Gasteiger partial charge is 0.243 e. The van der Waals surface area contributed by atoms with E-state index in [1.165, 1.54) is 11.1 Å². The molecule has 1 saturated heterocycles. The third kappa shape index (κ3) is 2.85. The predicted octanol–water partition coefficient (Wildman–Crippen LogP) is 2.79. The van der Waals surface area contributed by atoms with Crippen LogP contribution in [0.3, 0.4) is 0 Å². The maximum Gasteiger partial charge on any atom is 0.243 e. The van der Waals surface area contributed by atoms with Crippen molar-refractivity contribution in [2.75, 3.05) is 13.1 Å². The van der Waals surface area contributed by atoms with E-state index in [0.29, 0.717) is 18.0 Å². The quantitative estimate of drug-likeness (QED) is 0.699. The standard InChI is InChI=1S/C20H22N4O2S/c25-27(26,18-10-9-15-5-3-6-16(15)13-18)23-11-4-7-17(14-23)20-22-21-19-8-1-2-12-24(19)20/h1-2,8-10,12-13,17H,3-7,11,14H2/t17-/m1/s1. The Morgan fingerprint density at radius 1 is 1.00 bits per heavy atom. The molecule has 27 heavy (non-hydrogen) atoms. The lowest BCUT2D eigenvalue weighted by molar-refractivity contribution is 0.308. The van der Waals surface area contributed by atoms with Gasteiger partial charge in [-0.2, -0.15) is 4.31 Å². The molecule has 0 N–H and O–H groups in total. The fraction of sp³-hybridized carbons (Fsp3) is 0.400. The van der Waals surface area contributed by atoms with Gasteiger partial charge in [-0.25, -0.2) is 8.42 Å². The molecule has 1 aliphatic carbocycles. The van der Waals surface area contributed by atoms with Gasteiger partial charge in [-0.15, -0.1) is 10.2 Å². The monoisotopic (exact) mass is 382 g/mol. The minimum atomic E-state index is -3.48. The zero-order chi connectivity index (χ0) is 18.4. The molecule has 1 atom stereocenters. The first kappa shape index (κ1) is 16.9. The van der Waals surface area contributed by atoms with Crippen LogP contribution in [-0.4, -0.2) is 40.4 Å². The van der Waals surface area contributed by atoms with Gasteiger partial charge in [0.25, 0.3) is 0 Å². The van der Waals surface area contributed by atoms with Crippen molar-refractivity contribution in [2.24, 2.45) is 0 Å². The average Bonchev–Trinajstić information content (AvgIpc) is 3.34. The first-order valence-corrected chi connectivity index (χ1v) is 11.0. The highest BCUT2D eigenvalue weighted by Crippen LogP contribution is 2.31. The minimum absolute atomic E-state index is 0.0559. The maximum absolute atomic E-state index is 13.2.